The summed E-state index contributed by atoms with van der Waals surface area (Å²) in [6.45, 7) is 0. The van der Waals surface area contributed by atoms with Gasteiger partial charge in [0.1, 0.15) is 11.6 Å². The lowest BCUT2D eigenvalue weighted by Gasteiger charge is -2.03. The van der Waals surface area contributed by atoms with E-state index in [0.717, 1.165) is 11.0 Å². The number of aromatic amines is 1. The van der Waals surface area contributed by atoms with Crippen LogP contribution in [0.15, 0.2) is 63.6 Å². The van der Waals surface area contributed by atoms with Crippen LogP contribution in [-0.4, -0.2) is 21.5 Å². The monoisotopic (exact) mass is 334 g/mol. The normalized spacial score (nSPS) is 11.6. The predicted octanol–water partition coefficient (Wildman–Crippen LogP) is 3.18. The van der Waals surface area contributed by atoms with Crippen LogP contribution < -0.4 is 16.0 Å². The van der Waals surface area contributed by atoms with Crippen molar-refractivity contribution in [3.63, 3.8) is 0 Å². The van der Waals surface area contributed by atoms with E-state index in [1.54, 1.807) is 35.8 Å². The lowest BCUT2D eigenvalue weighted by molar-refractivity contribution is 0.415. The number of anilines is 1. The van der Waals surface area contributed by atoms with Gasteiger partial charge in [0.15, 0.2) is 5.69 Å². The van der Waals surface area contributed by atoms with Gasteiger partial charge in [0, 0.05) is 0 Å². The van der Waals surface area contributed by atoms with Crippen LogP contribution in [0.4, 0.5) is 17.2 Å². The Kier molecular flexibility index (Phi) is 3.42. The molecule has 0 atom stereocenters. The minimum absolute atomic E-state index is 0.0338. The molecule has 2 aromatic carbocycles. The standard InChI is InChI=1S/C17H14N6O2/c1-25-11-8-6-10(7-9-11)21-22-14-15(18)23-13-5-3-2-4-12(13)19-17(23)20-16(14)24/h2-9H,18H2,1H3,(H,19,20,24). The topological polar surface area (TPSA) is 110 Å². The maximum atomic E-state index is 12.3. The van der Waals surface area contributed by atoms with Crippen molar-refractivity contribution >= 4 is 34.0 Å². The summed E-state index contributed by atoms with van der Waals surface area (Å²) >= 11 is 0. The predicted molar refractivity (Wildman–Crippen MR) is 94.9 cm³/mol. The van der Waals surface area contributed by atoms with E-state index in [1.165, 1.54) is 0 Å². The zero-order chi connectivity index (χ0) is 17.4. The summed E-state index contributed by atoms with van der Waals surface area (Å²) in [7, 11) is 1.58. The highest BCUT2D eigenvalue weighted by Crippen LogP contribution is 2.25. The lowest BCUT2D eigenvalue weighted by Crippen LogP contribution is -2.12. The molecule has 124 valence electrons. The molecule has 0 radical (unpaired) electrons. The molecule has 0 saturated heterocycles. The number of rotatable bonds is 3. The molecule has 3 N–H and O–H groups in total. The molecule has 0 saturated carbocycles. The van der Waals surface area contributed by atoms with Crippen molar-refractivity contribution in [2.75, 3.05) is 12.8 Å². The number of methoxy groups -OCH3 is 1. The number of aromatic nitrogens is 3. The van der Waals surface area contributed by atoms with Gasteiger partial charge in [-0.05, 0) is 36.4 Å². The zero-order valence-electron chi connectivity index (χ0n) is 13.3. The number of para-hydroxylation sites is 2. The Morgan fingerprint density at radius 2 is 1.88 bits per heavy atom. The number of nitrogen functional groups attached to an aromatic ring is 1. The van der Waals surface area contributed by atoms with Gasteiger partial charge >= 0.3 is 0 Å². The minimum Gasteiger partial charge on any atom is -0.497 e. The summed E-state index contributed by atoms with van der Waals surface area (Å²) in [5.74, 6) is 1.26. The van der Waals surface area contributed by atoms with Gasteiger partial charge in [-0.25, -0.2) is 4.98 Å². The van der Waals surface area contributed by atoms with Gasteiger partial charge in [0.05, 0.1) is 23.8 Å². The van der Waals surface area contributed by atoms with Gasteiger partial charge in [0.2, 0.25) is 5.78 Å². The van der Waals surface area contributed by atoms with Crippen LogP contribution in [0.1, 0.15) is 0 Å². The number of nitrogens with zero attached hydrogens (tertiary/aromatic N) is 4. The van der Waals surface area contributed by atoms with E-state index in [4.69, 9.17) is 10.5 Å². The average Bonchev–Trinajstić information content (AvgIpc) is 3.00. The highest BCUT2D eigenvalue weighted by molar-refractivity contribution is 5.82. The van der Waals surface area contributed by atoms with E-state index in [9.17, 15) is 4.79 Å². The fourth-order valence-corrected chi connectivity index (χ4v) is 2.59. The molecule has 8 heteroatoms. The second kappa shape index (κ2) is 5.75. The van der Waals surface area contributed by atoms with Crippen molar-refractivity contribution in [2.24, 2.45) is 10.2 Å². The van der Waals surface area contributed by atoms with E-state index in [1.807, 2.05) is 24.3 Å². The van der Waals surface area contributed by atoms with E-state index in [-0.39, 0.29) is 11.5 Å². The summed E-state index contributed by atoms with van der Waals surface area (Å²) in [5.41, 5.74) is 7.85. The molecule has 25 heavy (non-hydrogen) atoms. The van der Waals surface area contributed by atoms with Crippen molar-refractivity contribution in [3.8, 4) is 5.75 Å². The highest BCUT2D eigenvalue weighted by Gasteiger charge is 2.13. The molecule has 2 aromatic heterocycles. The summed E-state index contributed by atoms with van der Waals surface area (Å²) in [4.78, 5) is 19.3. The molecule has 0 aliphatic heterocycles. The second-order valence-electron chi connectivity index (χ2n) is 5.35. The number of benzene rings is 2. The van der Waals surface area contributed by atoms with Gasteiger partial charge in [0.25, 0.3) is 5.56 Å². The first-order chi connectivity index (χ1) is 12.2. The molecule has 0 amide bonds. The number of azo groups is 1. The molecule has 0 spiro atoms. The van der Waals surface area contributed by atoms with Crippen molar-refractivity contribution < 1.29 is 4.74 Å². The number of H-pyrrole nitrogens is 1. The van der Waals surface area contributed by atoms with Gasteiger partial charge in [-0.3, -0.25) is 14.2 Å². The SMILES string of the molecule is COc1ccc(N=Nc2c(N)n3c(nc4ccccc43)[nH]c2=O)cc1. The van der Waals surface area contributed by atoms with Gasteiger partial charge in [-0.15, -0.1) is 5.11 Å². The number of nitrogens with two attached hydrogens (primary N) is 1. The van der Waals surface area contributed by atoms with Crippen LogP contribution in [0.5, 0.6) is 5.75 Å². The van der Waals surface area contributed by atoms with Crippen molar-refractivity contribution in [1.82, 2.24) is 14.4 Å². The average molecular weight is 334 g/mol. The van der Waals surface area contributed by atoms with Crippen molar-refractivity contribution in [3.05, 3.63) is 58.9 Å². The van der Waals surface area contributed by atoms with E-state index in [2.05, 4.69) is 20.2 Å². The number of nitrogens with one attached hydrogen (secondary N) is 1. The van der Waals surface area contributed by atoms with Crippen LogP contribution in [0.2, 0.25) is 0 Å². The number of imidazole rings is 1. The maximum absolute atomic E-state index is 12.3. The van der Waals surface area contributed by atoms with E-state index in [0.29, 0.717) is 17.2 Å². The third-order valence-electron chi connectivity index (χ3n) is 3.82. The molecule has 0 fully saturated rings. The summed E-state index contributed by atoms with van der Waals surface area (Å²) in [6.07, 6.45) is 0. The number of hydrogen-bond donors (Lipinski definition) is 2. The molecular formula is C17H14N6O2. The maximum Gasteiger partial charge on any atom is 0.282 e. The molecule has 0 bridgehead atoms. The first-order valence-corrected chi connectivity index (χ1v) is 7.52. The molecular weight excluding hydrogens is 320 g/mol. The summed E-state index contributed by atoms with van der Waals surface area (Å²) in [5, 5.41) is 8.11. The van der Waals surface area contributed by atoms with Crippen molar-refractivity contribution in [1.29, 1.82) is 0 Å². The van der Waals surface area contributed by atoms with Crippen LogP contribution in [0.3, 0.4) is 0 Å². The first-order valence-electron chi connectivity index (χ1n) is 7.52. The quantitative estimate of drug-likeness (QED) is 0.560. The largest absolute Gasteiger partial charge is 0.497 e. The van der Waals surface area contributed by atoms with Gasteiger partial charge in [-0.1, -0.05) is 12.1 Å². The Morgan fingerprint density at radius 3 is 2.64 bits per heavy atom. The van der Waals surface area contributed by atoms with Crippen LogP contribution in [0, 0.1) is 0 Å². The lowest BCUT2D eigenvalue weighted by atomic mass is 10.3. The number of fused-ring (bicyclic) bond motifs is 3. The van der Waals surface area contributed by atoms with Crippen LogP contribution in [0.25, 0.3) is 16.8 Å². The molecule has 4 rings (SSSR count). The summed E-state index contributed by atoms with van der Waals surface area (Å²) in [6, 6.07) is 14.4. The smallest absolute Gasteiger partial charge is 0.282 e. The van der Waals surface area contributed by atoms with Crippen LogP contribution >= 0.6 is 0 Å². The third kappa shape index (κ3) is 2.49. The molecule has 0 aliphatic rings. The molecule has 8 nitrogen and oxygen atoms in total. The fourth-order valence-electron chi connectivity index (χ4n) is 2.59. The number of hydrogen-bond acceptors (Lipinski definition) is 6. The van der Waals surface area contributed by atoms with Gasteiger partial charge < -0.3 is 10.5 Å². The molecule has 2 heterocycles. The van der Waals surface area contributed by atoms with Gasteiger partial charge in [-0.2, -0.15) is 5.11 Å². The van der Waals surface area contributed by atoms with Crippen molar-refractivity contribution in [2.45, 2.75) is 0 Å². The fraction of sp³-hybridized carbons (Fsp3) is 0.0588. The van der Waals surface area contributed by atoms with Crippen LogP contribution in [-0.2, 0) is 0 Å². The number of ether oxygens (including phenoxy) is 1. The zero-order valence-corrected chi connectivity index (χ0v) is 13.3. The molecule has 4 aromatic rings. The first kappa shape index (κ1) is 14.9. The Bertz CT molecular complexity index is 1160. The minimum atomic E-state index is -0.447. The Hall–Kier alpha value is -3.68. The third-order valence-corrected chi connectivity index (χ3v) is 3.82. The summed E-state index contributed by atoms with van der Waals surface area (Å²) < 4.78 is 6.74. The Morgan fingerprint density at radius 1 is 1.12 bits per heavy atom. The Labute approximate surface area is 141 Å². The highest BCUT2D eigenvalue weighted by atomic mass is 16.5. The second-order valence-corrected chi connectivity index (χ2v) is 5.35. The Balaban J connectivity index is 1.84. The molecule has 0 aliphatic carbocycles. The van der Waals surface area contributed by atoms with E-state index >= 15 is 0 Å². The molecule has 0 unspecified atom stereocenters. The van der Waals surface area contributed by atoms with E-state index < -0.39 is 5.56 Å².